The molecule has 1 aromatic heterocycles. The SMILES string of the molecule is COc1cccc(CCC(=O)Cn2nc(-c3ccc(Cl)cc3)n(C)c2=O)c1. The minimum atomic E-state index is -0.324. The Bertz CT molecular complexity index is 1010. The van der Waals surface area contributed by atoms with Crippen molar-refractivity contribution in [3.05, 3.63) is 69.6 Å². The molecule has 0 aliphatic heterocycles. The number of carbonyl (C=O) groups is 1. The summed E-state index contributed by atoms with van der Waals surface area (Å²) in [6.07, 6.45) is 0.911. The number of aryl methyl sites for hydroxylation is 1. The van der Waals surface area contributed by atoms with Gasteiger partial charge in [0.1, 0.15) is 12.3 Å². The van der Waals surface area contributed by atoms with Crippen molar-refractivity contribution in [2.45, 2.75) is 19.4 Å². The van der Waals surface area contributed by atoms with Crippen molar-refractivity contribution in [3.8, 4) is 17.1 Å². The average molecular weight is 386 g/mol. The molecule has 0 amide bonds. The highest BCUT2D eigenvalue weighted by atomic mass is 35.5. The maximum Gasteiger partial charge on any atom is 0.346 e. The van der Waals surface area contributed by atoms with Crippen LogP contribution >= 0.6 is 11.6 Å². The number of hydrogen-bond donors (Lipinski definition) is 0. The minimum absolute atomic E-state index is 0.0514. The van der Waals surface area contributed by atoms with E-state index in [2.05, 4.69) is 5.10 Å². The van der Waals surface area contributed by atoms with E-state index in [1.54, 1.807) is 38.4 Å². The largest absolute Gasteiger partial charge is 0.497 e. The van der Waals surface area contributed by atoms with Gasteiger partial charge >= 0.3 is 5.69 Å². The highest BCUT2D eigenvalue weighted by Gasteiger charge is 2.14. The van der Waals surface area contributed by atoms with Crippen LogP contribution in [0.4, 0.5) is 0 Å². The Hall–Kier alpha value is -2.86. The number of aromatic nitrogens is 3. The van der Waals surface area contributed by atoms with Gasteiger partial charge in [0, 0.05) is 24.1 Å². The van der Waals surface area contributed by atoms with E-state index in [4.69, 9.17) is 16.3 Å². The maximum absolute atomic E-state index is 12.4. The van der Waals surface area contributed by atoms with Crippen molar-refractivity contribution >= 4 is 17.4 Å². The molecule has 0 bridgehead atoms. The van der Waals surface area contributed by atoms with Gasteiger partial charge in [-0.25, -0.2) is 9.48 Å². The normalized spacial score (nSPS) is 10.8. The van der Waals surface area contributed by atoms with E-state index >= 15 is 0 Å². The summed E-state index contributed by atoms with van der Waals surface area (Å²) in [5.74, 6) is 1.20. The van der Waals surface area contributed by atoms with Gasteiger partial charge in [-0.3, -0.25) is 9.36 Å². The number of nitrogens with zero attached hydrogens (tertiary/aromatic N) is 3. The number of methoxy groups -OCH3 is 1. The molecule has 0 saturated carbocycles. The zero-order valence-corrected chi connectivity index (χ0v) is 15.9. The molecule has 0 aliphatic rings. The summed E-state index contributed by atoms with van der Waals surface area (Å²) in [5, 5.41) is 4.92. The van der Waals surface area contributed by atoms with Crippen molar-refractivity contribution in [3.63, 3.8) is 0 Å². The van der Waals surface area contributed by atoms with Gasteiger partial charge in [-0.1, -0.05) is 23.7 Å². The molecule has 0 aliphatic carbocycles. The van der Waals surface area contributed by atoms with Crippen molar-refractivity contribution in [2.75, 3.05) is 7.11 Å². The summed E-state index contributed by atoms with van der Waals surface area (Å²) in [6, 6.07) is 14.6. The van der Waals surface area contributed by atoms with Gasteiger partial charge in [-0.05, 0) is 48.4 Å². The van der Waals surface area contributed by atoms with Crippen molar-refractivity contribution < 1.29 is 9.53 Å². The van der Waals surface area contributed by atoms with Crippen molar-refractivity contribution in [1.82, 2.24) is 14.3 Å². The number of carbonyl (C=O) groups excluding carboxylic acids is 1. The average Bonchev–Trinajstić information content (AvgIpc) is 2.95. The molecule has 0 fully saturated rings. The Labute approximate surface area is 162 Å². The second kappa shape index (κ2) is 8.22. The van der Waals surface area contributed by atoms with Crippen LogP contribution in [0, 0.1) is 0 Å². The molecule has 7 heteroatoms. The van der Waals surface area contributed by atoms with Crippen LogP contribution in [0.3, 0.4) is 0 Å². The van der Waals surface area contributed by atoms with Crippen LogP contribution in [0.15, 0.2) is 53.3 Å². The van der Waals surface area contributed by atoms with E-state index in [-0.39, 0.29) is 18.0 Å². The third-order valence-electron chi connectivity index (χ3n) is 4.30. The number of rotatable bonds is 7. The fourth-order valence-electron chi connectivity index (χ4n) is 2.80. The van der Waals surface area contributed by atoms with E-state index in [0.29, 0.717) is 23.7 Å². The first-order valence-electron chi connectivity index (χ1n) is 8.52. The van der Waals surface area contributed by atoms with Gasteiger partial charge in [0.15, 0.2) is 11.6 Å². The molecule has 0 N–H and O–H groups in total. The van der Waals surface area contributed by atoms with Crippen LogP contribution < -0.4 is 10.4 Å². The van der Waals surface area contributed by atoms with E-state index in [1.807, 2.05) is 24.3 Å². The monoisotopic (exact) mass is 385 g/mol. The number of hydrogen-bond acceptors (Lipinski definition) is 4. The lowest BCUT2D eigenvalue weighted by molar-refractivity contribution is -0.119. The van der Waals surface area contributed by atoms with Crippen LogP contribution in [-0.2, 0) is 24.8 Å². The van der Waals surface area contributed by atoms with Crippen molar-refractivity contribution in [2.24, 2.45) is 7.05 Å². The molecule has 3 rings (SSSR count). The Morgan fingerprint density at radius 3 is 2.63 bits per heavy atom. The third kappa shape index (κ3) is 4.46. The van der Waals surface area contributed by atoms with Gasteiger partial charge in [-0.2, -0.15) is 0 Å². The van der Waals surface area contributed by atoms with Crippen LogP contribution in [0.5, 0.6) is 5.75 Å². The molecule has 6 nitrogen and oxygen atoms in total. The lowest BCUT2D eigenvalue weighted by Gasteiger charge is -2.04. The molecule has 0 saturated heterocycles. The summed E-state index contributed by atoms with van der Waals surface area (Å²) < 4.78 is 7.82. The summed E-state index contributed by atoms with van der Waals surface area (Å²) in [6.45, 7) is -0.0514. The summed E-state index contributed by atoms with van der Waals surface area (Å²) in [4.78, 5) is 24.7. The minimum Gasteiger partial charge on any atom is -0.497 e. The number of Topliss-reactive ketones (excluding diaryl/α,β-unsaturated/α-hetero) is 1. The lowest BCUT2D eigenvalue weighted by Crippen LogP contribution is -2.26. The zero-order chi connectivity index (χ0) is 19.4. The third-order valence-corrected chi connectivity index (χ3v) is 4.55. The fourth-order valence-corrected chi connectivity index (χ4v) is 2.93. The standard InChI is InChI=1S/C20H20ClN3O3/c1-23-19(15-7-9-16(21)10-8-15)22-24(20(23)26)13-17(25)11-6-14-4-3-5-18(12-14)27-2/h3-5,7-10,12H,6,11,13H2,1-2H3. The first-order valence-corrected chi connectivity index (χ1v) is 8.90. The predicted molar refractivity (Wildman–Crippen MR) is 104 cm³/mol. The van der Waals surface area contributed by atoms with Crippen LogP contribution in [0.1, 0.15) is 12.0 Å². The molecule has 1 heterocycles. The summed E-state index contributed by atoms with van der Waals surface area (Å²) >= 11 is 5.90. The molecule has 0 atom stereocenters. The Morgan fingerprint density at radius 1 is 1.19 bits per heavy atom. The second-order valence-corrected chi connectivity index (χ2v) is 6.66. The highest BCUT2D eigenvalue weighted by molar-refractivity contribution is 6.30. The van der Waals surface area contributed by atoms with Crippen LogP contribution in [-0.4, -0.2) is 27.2 Å². The summed E-state index contributed by atoms with van der Waals surface area (Å²) in [7, 11) is 3.24. The summed E-state index contributed by atoms with van der Waals surface area (Å²) in [5.41, 5.74) is 1.45. The Morgan fingerprint density at radius 2 is 1.93 bits per heavy atom. The first kappa shape index (κ1) is 18.9. The van der Waals surface area contributed by atoms with Gasteiger partial charge in [0.25, 0.3) is 0 Å². The van der Waals surface area contributed by atoms with Gasteiger partial charge < -0.3 is 4.74 Å². The Kier molecular flexibility index (Phi) is 5.76. The molecule has 27 heavy (non-hydrogen) atoms. The predicted octanol–water partition coefficient (Wildman–Crippen LogP) is 3.11. The molecule has 140 valence electrons. The zero-order valence-electron chi connectivity index (χ0n) is 15.2. The first-order chi connectivity index (χ1) is 13.0. The topological polar surface area (TPSA) is 66.1 Å². The molecule has 2 aromatic carbocycles. The molecule has 0 unspecified atom stereocenters. The number of ketones is 1. The van der Waals surface area contributed by atoms with Crippen LogP contribution in [0.25, 0.3) is 11.4 Å². The lowest BCUT2D eigenvalue weighted by atomic mass is 10.1. The number of benzene rings is 2. The molecular weight excluding hydrogens is 366 g/mol. The molecular formula is C20H20ClN3O3. The fraction of sp³-hybridized carbons (Fsp3) is 0.250. The van der Waals surface area contributed by atoms with E-state index in [9.17, 15) is 9.59 Å². The maximum atomic E-state index is 12.4. The van der Waals surface area contributed by atoms with E-state index in [0.717, 1.165) is 16.9 Å². The van der Waals surface area contributed by atoms with Gasteiger partial charge in [0.05, 0.1) is 7.11 Å². The number of halogens is 1. The second-order valence-electron chi connectivity index (χ2n) is 6.22. The quantitative estimate of drug-likeness (QED) is 0.626. The van der Waals surface area contributed by atoms with Gasteiger partial charge in [0.2, 0.25) is 0 Å². The van der Waals surface area contributed by atoms with Crippen molar-refractivity contribution in [1.29, 1.82) is 0 Å². The highest BCUT2D eigenvalue weighted by Crippen LogP contribution is 2.18. The van der Waals surface area contributed by atoms with Crippen LogP contribution in [0.2, 0.25) is 5.02 Å². The molecule has 0 radical (unpaired) electrons. The number of ether oxygens (including phenoxy) is 1. The smallest absolute Gasteiger partial charge is 0.346 e. The molecule has 0 spiro atoms. The molecule has 3 aromatic rings. The van der Waals surface area contributed by atoms with E-state index in [1.165, 1.54) is 9.25 Å². The van der Waals surface area contributed by atoms with Gasteiger partial charge in [-0.15, -0.1) is 5.10 Å². The Balaban J connectivity index is 1.70. The van der Waals surface area contributed by atoms with E-state index < -0.39 is 0 Å².